The fourth-order valence-electron chi connectivity index (χ4n) is 4.21. The number of rotatable bonds is 1. The van der Waals surface area contributed by atoms with Crippen LogP contribution < -0.4 is 5.32 Å². The Kier molecular flexibility index (Phi) is 1.92. The van der Waals surface area contributed by atoms with Crippen molar-refractivity contribution in [2.45, 2.75) is 37.6 Å². The molecule has 0 bridgehead atoms. The molecule has 3 aliphatic rings. The molecule has 4 rings (SSSR count). The van der Waals surface area contributed by atoms with Crippen LogP contribution >= 0.6 is 0 Å². The molecule has 4 unspecified atom stereocenters. The number of benzene rings is 1. The van der Waals surface area contributed by atoms with Gasteiger partial charge >= 0.3 is 0 Å². The van der Waals surface area contributed by atoms with Crippen LogP contribution in [0.1, 0.15) is 36.3 Å². The smallest absolute Gasteiger partial charge is 0.0105 e. The summed E-state index contributed by atoms with van der Waals surface area (Å²) < 4.78 is 0. The largest absolute Gasteiger partial charge is 0.314 e. The van der Waals surface area contributed by atoms with Gasteiger partial charge in [0, 0.05) is 6.04 Å². The molecule has 4 atom stereocenters. The maximum Gasteiger partial charge on any atom is 0.0105 e. The van der Waals surface area contributed by atoms with Gasteiger partial charge in [-0.25, -0.2) is 0 Å². The van der Waals surface area contributed by atoms with Gasteiger partial charge in [-0.1, -0.05) is 24.3 Å². The predicted octanol–water partition coefficient (Wildman–Crippen LogP) is 2.71. The zero-order valence-corrected chi connectivity index (χ0v) is 9.65. The first-order valence-corrected chi connectivity index (χ1v) is 6.76. The maximum atomic E-state index is 3.71. The summed E-state index contributed by atoms with van der Waals surface area (Å²) in [5.74, 6) is 2.87. The number of hydrogen-bond donors (Lipinski definition) is 1. The van der Waals surface area contributed by atoms with Gasteiger partial charge in [0.1, 0.15) is 0 Å². The standard InChI is InChI=1S/C15H19N/c1-2-5-11-10(4-1)7-8-12-14(11)15(12)13-6-3-9-16-13/h1-2,4-5,12-16H,3,6-9H2. The van der Waals surface area contributed by atoms with E-state index in [1.54, 1.807) is 11.1 Å². The zero-order valence-electron chi connectivity index (χ0n) is 9.65. The monoisotopic (exact) mass is 213 g/mol. The average Bonchev–Trinajstić information content (AvgIpc) is 2.83. The van der Waals surface area contributed by atoms with Gasteiger partial charge in [0.25, 0.3) is 0 Å². The maximum absolute atomic E-state index is 3.71. The minimum absolute atomic E-state index is 0.834. The van der Waals surface area contributed by atoms with E-state index >= 15 is 0 Å². The zero-order chi connectivity index (χ0) is 10.5. The first-order valence-electron chi connectivity index (χ1n) is 6.76. The molecule has 1 heterocycles. The molecule has 0 spiro atoms. The molecule has 0 amide bonds. The van der Waals surface area contributed by atoms with E-state index in [4.69, 9.17) is 0 Å². The highest BCUT2D eigenvalue weighted by Crippen LogP contribution is 2.61. The van der Waals surface area contributed by atoms with E-state index in [2.05, 4.69) is 29.6 Å². The molecule has 1 saturated heterocycles. The SMILES string of the molecule is c1ccc2c(c1)CCC1C2C1C1CCCN1. The third-order valence-corrected chi connectivity index (χ3v) is 4.95. The van der Waals surface area contributed by atoms with Gasteiger partial charge in [0.2, 0.25) is 0 Å². The molecule has 2 fully saturated rings. The van der Waals surface area contributed by atoms with E-state index in [1.165, 1.54) is 32.2 Å². The number of nitrogens with one attached hydrogen (secondary N) is 1. The third kappa shape index (κ3) is 1.21. The summed E-state index contributed by atoms with van der Waals surface area (Å²) >= 11 is 0. The molecule has 2 aliphatic carbocycles. The Morgan fingerprint density at radius 3 is 2.94 bits per heavy atom. The Morgan fingerprint density at radius 2 is 2.06 bits per heavy atom. The van der Waals surface area contributed by atoms with Crippen LogP contribution in [0.3, 0.4) is 0 Å². The summed E-state index contributed by atoms with van der Waals surface area (Å²) in [5.41, 5.74) is 3.31. The van der Waals surface area contributed by atoms with Crippen LogP contribution in [0.5, 0.6) is 0 Å². The van der Waals surface area contributed by atoms with E-state index in [1.807, 2.05) is 0 Å². The number of fused-ring (bicyclic) bond motifs is 3. The van der Waals surface area contributed by atoms with Crippen LogP contribution in [-0.4, -0.2) is 12.6 Å². The summed E-state index contributed by atoms with van der Waals surface area (Å²) in [7, 11) is 0. The Labute approximate surface area is 97.2 Å². The number of hydrogen-bond acceptors (Lipinski definition) is 1. The van der Waals surface area contributed by atoms with E-state index in [-0.39, 0.29) is 0 Å². The highest BCUT2D eigenvalue weighted by molar-refractivity contribution is 5.40. The Bertz CT molecular complexity index is 406. The van der Waals surface area contributed by atoms with E-state index in [9.17, 15) is 0 Å². The molecule has 0 radical (unpaired) electrons. The molecular formula is C15H19N. The average molecular weight is 213 g/mol. The van der Waals surface area contributed by atoms with Gasteiger partial charge in [-0.05, 0) is 61.1 Å². The highest BCUT2D eigenvalue weighted by Gasteiger charge is 2.56. The van der Waals surface area contributed by atoms with Gasteiger partial charge in [-0.15, -0.1) is 0 Å². The van der Waals surface area contributed by atoms with Crippen LogP contribution in [0.2, 0.25) is 0 Å². The van der Waals surface area contributed by atoms with Gasteiger partial charge < -0.3 is 5.32 Å². The van der Waals surface area contributed by atoms with Crippen molar-refractivity contribution in [2.24, 2.45) is 11.8 Å². The minimum atomic E-state index is 0.834. The molecule has 1 heteroatoms. The molecular weight excluding hydrogens is 194 g/mol. The van der Waals surface area contributed by atoms with Gasteiger partial charge in [0.05, 0.1) is 0 Å². The second-order valence-corrected chi connectivity index (χ2v) is 5.71. The van der Waals surface area contributed by atoms with Crippen LogP contribution in [-0.2, 0) is 6.42 Å². The van der Waals surface area contributed by atoms with Crippen LogP contribution in [0, 0.1) is 11.8 Å². The van der Waals surface area contributed by atoms with E-state index in [0.717, 1.165) is 23.8 Å². The summed E-state index contributed by atoms with van der Waals surface area (Å²) in [5, 5.41) is 3.71. The molecule has 1 aromatic carbocycles. The summed E-state index contributed by atoms with van der Waals surface area (Å²) in [6, 6.07) is 9.97. The molecule has 1 nitrogen and oxygen atoms in total. The van der Waals surface area contributed by atoms with Crippen LogP contribution in [0.15, 0.2) is 24.3 Å². The quantitative estimate of drug-likeness (QED) is 0.756. The van der Waals surface area contributed by atoms with Crippen molar-refractivity contribution in [2.75, 3.05) is 6.54 Å². The summed E-state index contributed by atoms with van der Waals surface area (Å²) in [6.45, 7) is 1.25. The van der Waals surface area contributed by atoms with Gasteiger partial charge in [-0.3, -0.25) is 0 Å². The van der Waals surface area contributed by atoms with E-state index < -0.39 is 0 Å². The summed E-state index contributed by atoms with van der Waals surface area (Å²) in [6.07, 6.45) is 5.56. The van der Waals surface area contributed by atoms with Crippen molar-refractivity contribution in [3.63, 3.8) is 0 Å². The number of aryl methyl sites for hydroxylation is 1. The first kappa shape index (κ1) is 9.23. The topological polar surface area (TPSA) is 12.0 Å². The molecule has 84 valence electrons. The second kappa shape index (κ2) is 3.33. The lowest BCUT2D eigenvalue weighted by Gasteiger charge is -2.13. The van der Waals surface area contributed by atoms with Crippen molar-refractivity contribution in [1.82, 2.24) is 5.32 Å². The van der Waals surface area contributed by atoms with E-state index in [0.29, 0.717) is 0 Å². The lowest BCUT2D eigenvalue weighted by atomic mass is 9.92. The lowest BCUT2D eigenvalue weighted by molar-refractivity contribution is 0.493. The summed E-state index contributed by atoms with van der Waals surface area (Å²) in [4.78, 5) is 0. The Morgan fingerprint density at radius 1 is 1.12 bits per heavy atom. The highest BCUT2D eigenvalue weighted by atomic mass is 15.0. The first-order chi connectivity index (χ1) is 7.95. The third-order valence-electron chi connectivity index (χ3n) is 4.95. The fourth-order valence-corrected chi connectivity index (χ4v) is 4.21. The van der Waals surface area contributed by atoms with Crippen molar-refractivity contribution in [1.29, 1.82) is 0 Å². The molecule has 1 saturated carbocycles. The fraction of sp³-hybridized carbons (Fsp3) is 0.600. The van der Waals surface area contributed by atoms with Crippen molar-refractivity contribution in [3.05, 3.63) is 35.4 Å². The normalized spacial score (nSPS) is 40.2. The van der Waals surface area contributed by atoms with Crippen molar-refractivity contribution < 1.29 is 0 Å². The van der Waals surface area contributed by atoms with Gasteiger partial charge in [0.15, 0.2) is 0 Å². The minimum Gasteiger partial charge on any atom is -0.314 e. The lowest BCUT2D eigenvalue weighted by Crippen LogP contribution is -2.24. The van der Waals surface area contributed by atoms with Crippen molar-refractivity contribution in [3.8, 4) is 0 Å². The Balaban J connectivity index is 1.64. The van der Waals surface area contributed by atoms with Crippen LogP contribution in [0.25, 0.3) is 0 Å². The Hall–Kier alpha value is -0.820. The molecule has 0 aromatic heterocycles. The van der Waals surface area contributed by atoms with Crippen LogP contribution in [0.4, 0.5) is 0 Å². The van der Waals surface area contributed by atoms with Gasteiger partial charge in [-0.2, -0.15) is 0 Å². The predicted molar refractivity (Wildman–Crippen MR) is 65.5 cm³/mol. The molecule has 16 heavy (non-hydrogen) atoms. The molecule has 1 aliphatic heterocycles. The molecule has 1 aromatic rings. The van der Waals surface area contributed by atoms with Crippen molar-refractivity contribution >= 4 is 0 Å². The molecule has 1 N–H and O–H groups in total. The second-order valence-electron chi connectivity index (χ2n) is 5.71.